The fraction of sp³-hybridized carbons (Fsp3) is 0.370. The smallest absolute Gasteiger partial charge is 0.416 e. The molecule has 10 nitrogen and oxygen atoms in total. The first-order chi connectivity index (χ1) is 20.2. The molecule has 1 aromatic carbocycles. The average molecular weight is 610 g/mol. The summed E-state index contributed by atoms with van der Waals surface area (Å²) in [5, 5.41) is 13.4. The van der Waals surface area contributed by atoms with Crippen LogP contribution in [0.2, 0.25) is 0 Å². The van der Waals surface area contributed by atoms with Crippen LogP contribution in [-0.2, 0) is 25.9 Å². The van der Waals surface area contributed by atoms with E-state index in [1.165, 1.54) is 12.4 Å². The molecule has 0 bridgehead atoms. The number of aromatic nitrogens is 5. The SMILES string of the molecule is CC[C@@H]1C[C@H](N(Cc2cc(C(F)(F)F)cc(C(F)(F)F)c2)c2ncc(-c3cnn(C)c3)cn2)CN1c1nc(C(=O)O)co1. The van der Waals surface area contributed by atoms with Gasteiger partial charge in [-0.05, 0) is 36.6 Å². The van der Waals surface area contributed by atoms with Crippen LogP contribution in [0, 0.1) is 0 Å². The molecule has 1 aliphatic heterocycles. The predicted octanol–water partition coefficient (Wildman–Crippen LogP) is 5.67. The largest absolute Gasteiger partial charge is 0.476 e. The number of alkyl halides is 6. The number of halogens is 6. The second-order valence-corrected chi connectivity index (χ2v) is 10.1. The summed E-state index contributed by atoms with van der Waals surface area (Å²) in [6, 6.07) is 0.749. The van der Waals surface area contributed by atoms with Crippen molar-refractivity contribution in [3.8, 4) is 11.1 Å². The molecule has 228 valence electrons. The Morgan fingerprint density at radius 1 is 1.05 bits per heavy atom. The van der Waals surface area contributed by atoms with Crippen molar-refractivity contribution < 1.29 is 40.7 Å². The van der Waals surface area contributed by atoms with E-state index in [0.29, 0.717) is 36.1 Å². The maximum atomic E-state index is 13.6. The number of anilines is 2. The number of nitrogens with zero attached hydrogens (tertiary/aromatic N) is 7. The first-order valence-corrected chi connectivity index (χ1v) is 13.0. The summed E-state index contributed by atoms with van der Waals surface area (Å²) in [7, 11) is 1.73. The van der Waals surface area contributed by atoms with Crippen LogP contribution in [-0.4, -0.2) is 54.4 Å². The van der Waals surface area contributed by atoms with Gasteiger partial charge in [-0.1, -0.05) is 6.92 Å². The Labute approximate surface area is 240 Å². The van der Waals surface area contributed by atoms with Gasteiger partial charge in [0, 0.05) is 55.9 Å². The maximum absolute atomic E-state index is 13.6. The van der Waals surface area contributed by atoms with E-state index >= 15 is 0 Å². The highest BCUT2D eigenvalue weighted by atomic mass is 19.4. The third-order valence-electron chi connectivity index (χ3n) is 7.19. The summed E-state index contributed by atoms with van der Waals surface area (Å²) in [5.41, 5.74) is -2.07. The Hall–Kier alpha value is -4.63. The zero-order valence-corrected chi connectivity index (χ0v) is 22.8. The minimum Gasteiger partial charge on any atom is -0.476 e. The van der Waals surface area contributed by atoms with Gasteiger partial charge in [0.25, 0.3) is 6.01 Å². The van der Waals surface area contributed by atoms with E-state index in [0.717, 1.165) is 6.26 Å². The molecule has 4 aromatic rings. The molecule has 1 fully saturated rings. The van der Waals surface area contributed by atoms with Crippen LogP contribution < -0.4 is 9.80 Å². The zero-order chi connectivity index (χ0) is 31.1. The number of carboxylic acid groups (broad SMARTS) is 1. The second kappa shape index (κ2) is 11.2. The summed E-state index contributed by atoms with van der Waals surface area (Å²) in [6.07, 6.45) is -1.73. The van der Waals surface area contributed by atoms with E-state index in [-0.39, 0.29) is 48.4 Å². The third-order valence-corrected chi connectivity index (χ3v) is 7.19. The van der Waals surface area contributed by atoms with Crippen LogP contribution in [0.1, 0.15) is 46.9 Å². The normalized spacial score (nSPS) is 17.4. The van der Waals surface area contributed by atoms with E-state index in [1.54, 1.807) is 33.9 Å². The molecule has 0 radical (unpaired) electrons. The van der Waals surface area contributed by atoms with Crippen LogP contribution in [0.25, 0.3) is 11.1 Å². The standard InChI is InChI=1S/C27H25F6N7O3/c1-3-20-7-21(13-40(20)25-37-22(14-43-25)23(41)42)39(24-34-8-16(9-35-24)17-10-36-38(2)12-17)11-15-4-18(26(28,29)30)6-19(5-15)27(31,32)33/h4-6,8-10,12,14,20-21H,3,7,11,13H2,1-2H3,(H,41,42)/t20-,21+/m1/s1. The van der Waals surface area contributed by atoms with Crippen molar-refractivity contribution in [2.45, 2.75) is 50.7 Å². The third kappa shape index (κ3) is 6.41. The number of oxazole rings is 1. The summed E-state index contributed by atoms with van der Waals surface area (Å²) < 4.78 is 88.7. The Morgan fingerprint density at radius 3 is 2.21 bits per heavy atom. The zero-order valence-electron chi connectivity index (χ0n) is 22.8. The first-order valence-electron chi connectivity index (χ1n) is 13.0. The van der Waals surface area contributed by atoms with Gasteiger partial charge in [-0.2, -0.15) is 36.4 Å². The van der Waals surface area contributed by atoms with Gasteiger partial charge in [0.15, 0.2) is 5.69 Å². The molecule has 3 aromatic heterocycles. The van der Waals surface area contributed by atoms with Crippen molar-refractivity contribution in [2.75, 3.05) is 16.3 Å². The molecule has 0 amide bonds. The summed E-state index contributed by atoms with van der Waals surface area (Å²) in [6.45, 7) is 1.67. The Bertz CT molecular complexity index is 1570. The minimum atomic E-state index is -5.01. The lowest BCUT2D eigenvalue weighted by Crippen LogP contribution is -2.38. The molecule has 0 aliphatic carbocycles. The number of carbonyl (C=O) groups is 1. The van der Waals surface area contributed by atoms with Crippen LogP contribution in [0.15, 0.2) is 53.7 Å². The highest BCUT2D eigenvalue weighted by molar-refractivity contribution is 5.85. The monoisotopic (exact) mass is 609 g/mol. The quantitative estimate of drug-likeness (QED) is 0.253. The van der Waals surface area contributed by atoms with Crippen LogP contribution in [0.3, 0.4) is 0 Å². The molecule has 16 heteroatoms. The van der Waals surface area contributed by atoms with Crippen molar-refractivity contribution in [1.29, 1.82) is 0 Å². The summed E-state index contributed by atoms with van der Waals surface area (Å²) >= 11 is 0. The van der Waals surface area contributed by atoms with Crippen molar-refractivity contribution in [1.82, 2.24) is 24.7 Å². The van der Waals surface area contributed by atoms with Crippen molar-refractivity contribution in [2.24, 2.45) is 7.05 Å². The Morgan fingerprint density at radius 2 is 1.70 bits per heavy atom. The number of benzene rings is 1. The van der Waals surface area contributed by atoms with Crippen LogP contribution in [0.4, 0.5) is 38.3 Å². The van der Waals surface area contributed by atoms with Crippen molar-refractivity contribution in [3.63, 3.8) is 0 Å². The number of rotatable bonds is 8. The summed E-state index contributed by atoms with van der Waals surface area (Å²) in [4.78, 5) is 27.5. The van der Waals surface area contributed by atoms with E-state index in [4.69, 9.17) is 4.42 Å². The molecule has 43 heavy (non-hydrogen) atoms. The van der Waals surface area contributed by atoms with Gasteiger partial charge >= 0.3 is 18.3 Å². The highest BCUT2D eigenvalue weighted by Gasteiger charge is 2.40. The lowest BCUT2D eigenvalue weighted by Gasteiger charge is -2.29. The fourth-order valence-corrected chi connectivity index (χ4v) is 5.09. The van der Waals surface area contributed by atoms with Crippen LogP contribution in [0.5, 0.6) is 0 Å². The molecule has 0 spiro atoms. The lowest BCUT2D eigenvalue weighted by atomic mass is 10.0. The number of aryl methyl sites for hydroxylation is 1. The van der Waals surface area contributed by atoms with Crippen molar-refractivity contribution >= 4 is 17.9 Å². The lowest BCUT2D eigenvalue weighted by molar-refractivity contribution is -0.143. The first kappa shape index (κ1) is 29.8. The molecule has 5 rings (SSSR count). The van der Waals surface area contributed by atoms with Gasteiger partial charge in [-0.25, -0.2) is 14.8 Å². The van der Waals surface area contributed by atoms with Gasteiger partial charge < -0.3 is 19.3 Å². The number of carboxylic acids is 1. The maximum Gasteiger partial charge on any atom is 0.416 e. The molecule has 1 aliphatic rings. The number of hydrogen-bond donors (Lipinski definition) is 1. The highest BCUT2D eigenvalue weighted by Crippen LogP contribution is 2.38. The Balaban J connectivity index is 1.54. The van der Waals surface area contributed by atoms with Gasteiger partial charge in [-0.15, -0.1) is 0 Å². The van der Waals surface area contributed by atoms with Crippen molar-refractivity contribution in [3.05, 3.63) is 71.6 Å². The van der Waals surface area contributed by atoms with Gasteiger partial charge in [-0.3, -0.25) is 4.68 Å². The second-order valence-electron chi connectivity index (χ2n) is 10.1. The van der Waals surface area contributed by atoms with E-state index in [9.17, 15) is 36.2 Å². The fourth-order valence-electron chi connectivity index (χ4n) is 5.09. The predicted molar refractivity (Wildman–Crippen MR) is 140 cm³/mol. The molecule has 2 atom stereocenters. The minimum absolute atomic E-state index is 0.0398. The number of aromatic carboxylic acids is 1. The Kier molecular flexibility index (Phi) is 7.79. The molecular weight excluding hydrogens is 584 g/mol. The summed E-state index contributed by atoms with van der Waals surface area (Å²) in [5.74, 6) is -1.20. The van der Waals surface area contributed by atoms with Gasteiger partial charge in [0.2, 0.25) is 5.95 Å². The molecule has 1 saturated heterocycles. The topological polar surface area (TPSA) is 113 Å². The van der Waals surface area contributed by atoms with E-state index in [2.05, 4.69) is 20.1 Å². The van der Waals surface area contributed by atoms with E-state index in [1.807, 2.05) is 6.92 Å². The van der Waals surface area contributed by atoms with Gasteiger partial charge in [0.1, 0.15) is 6.26 Å². The molecular formula is C27H25F6N7O3. The molecule has 1 N–H and O–H groups in total. The molecule has 4 heterocycles. The average Bonchev–Trinajstić information content (AvgIpc) is 3.70. The van der Waals surface area contributed by atoms with E-state index < -0.39 is 35.5 Å². The molecule has 0 saturated carbocycles. The molecule has 0 unspecified atom stereocenters. The van der Waals surface area contributed by atoms with Crippen LogP contribution >= 0.6 is 0 Å². The van der Waals surface area contributed by atoms with Gasteiger partial charge in [0.05, 0.1) is 23.4 Å². The number of hydrogen-bond acceptors (Lipinski definition) is 8.